The zero-order valence-corrected chi connectivity index (χ0v) is 12.7. The van der Waals surface area contributed by atoms with Gasteiger partial charge in [-0.15, -0.1) is 0 Å². The summed E-state index contributed by atoms with van der Waals surface area (Å²) >= 11 is 0. The Morgan fingerprint density at radius 3 is 2.10 bits per heavy atom. The van der Waals surface area contributed by atoms with E-state index in [0.29, 0.717) is 5.78 Å². The molecule has 0 aromatic rings. The first kappa shape index (κ1) is 15.7. The van der Waals surface area contributed by atoms with Crippen molar-refractivity contribution in [1.82, 2.24) is 0 Å². The van der Waals surface area contributed by atoms with Crippen molar-refractivity contribution in [3.63, 3.8) is 0 Å². The molecule has 0 aromatic carbocycles. The first-order valence-electron chi connectivity index (χ1n) is 8.55. The summed E-state index contributed by atoms with van der Waals surface area (Å²) in [6, 6.07) is 0. The van der Waals surface area contributed by atoms with E-state index in [1.165, 1.54) is 25.7 Å². The molecule has 2 rings (SSSR count). The highest BCUT2D eigenvalue weighted by Gasteiger charge is 2.28. The molecule has 0 unspecified atom stereocenters. The van der Waals surface area contributed by atoms with Crippen LogP contribution in [0, 0.1) is 11.8 Å². The van der Waals surface area contributed by atoms with Crippen molar-refractivity contribution in [2.45, 2.75) is 77.0 Å². The number of carbonyl (C=O) groups is 1. The Bertz CT molecular complexity index is 314. The van der Waals surface area contributed by atoms with E-state index < -0.39 is 0 Å². The largest absolute Gasteiger partial charge is 0.300 e. The van der Waals surface area contributed by atoms with Crippen LogP contribution in [0.25, 0.3) is 0 Å². The van der Waals surface area contributed by atoms with Gasteiger partial charge in [-0.1, -0.05) is 18.1 Å². The van der Waals surface area contributed by atoms with Gasteiger partial charge >= 0.3 is 0 Å². The van der Waals surface area contributed by atoms with Gasteiger partial charge in [-0.05, 0) is 69.6 Å². The Kier molecular flexibility index (Phi) is 6.75. The summed E-state index contributed by atoms with van der Waals surface area (Å²) in [6.07, 6.45) is 15.6. The van der Waals surface area contributed by atoms with Gasteiger partial charge in [-0.3, -0.25) is 9.18 Å². The van der Waals surface area contributed by atoms with E-state index >= 15 is 0 Å². The maximum Gasteiger partial charge on any atom is 0.132 e. The highest BCUT2D eigenvalue weighted by atomic mass is 19.1. The van der Waals surface area contributed by atoms with Crippen molar-refractivity contribution in [3.05, 3.63) is 11.6 Å². The van der Waals surface area contributed by atoms with E-state index in [9.17, 15) is 9.18 Å². The molecule has 2 saturated carbocycles. The molecule has 20 heavy (non-hydrogen) atoms. The smallest absolute Gasteiger partial charge is 0.132 e. The molecular weight excluding hydrogens is 251 g/mol. The van der Waals surface area contributed by atoms with Gasteiger partial charge in [-0.25, -0.2) is 0 Å². The van der Waals surface area contributed by atoms with Gasteiger partial charge < -0.3 is 0 Å². The highest BCUT2D eigenvalue weighted by molar-refractivity contribution is 5.79. The van der Waals surface area contributed by atoms with Crippen molar-refractivity contribution >= 4 is 5.78 Å². The zero-order chi connectivity index (χ0) is 14.2. The minimum absolute atomic E-state index is 0.165. The van der Waals surface area contributed by atoms with Crippen molar-refractivity contribution in [2.24, 2.45) is 11.8 Å². The molecule has 2 aliphatic rings. The maximum absolute atomic E-state index is 12.0. The number of allylic oxidation sites excluding steroid dienone is 2. The van der Waals surface area contributed by atoms with Crippen LogP contribution in [0.1, 0.15) is 77.0 Å². The van der Waals surface area contributed by atoms with Gasteiger partial charge in [0, 0.05) is 12.8 Å². The number of unbranched alkanes of at least 4 members (excludes halogenated alkanes) is 3. The summed E-state index contributed by atoms with van der Waals surface area (Å²) in [7, 11) is 0. The summed E-state index contributed by atoms with van der Waals surface area (Å²) in [5, 5.41) is 0. The topological polar surface area (TPSA) is 17.1 Å². The lowest BCUT2D eigenvalue weighted by molar-refractivity contribution is -0.121. The van der Waals surface area contributed by atoms with Gasteiger partial charge in [0.15, 0.2) is 0 Å². The number of ketones is 1. The number of hydrogen-bond donors (Lipinski definition) is 0. The third-order valence-corrected chi connectivity index (χ3v) is 5.20. The lowest BCUT2D eigenvalue weighted by Crippen LogP contribution is -2.24. The van der Waals surface area contributed by atoms with Crippen LogP contribution >= 0.6 is 0 Å². The Labute approximate surface area is 123 Å². The quantitative estimate of drug-likeness (QED) is 0.471. The number of alkyl halides is 1. The Balaban J connectivity index is 1.64. The van der Waals surface area contributed by atoms with Crippen molar-refractivity contribution in [1.29, 1.82) is 0 Å². The van der Waals surface area contributed by atoms with Crippen LogP contribution in [-0.2, 0) is 4.79 Å². The molecule has 0 N–H and O–H groups in total. The Morgan fingerprint density at radius 1 is 0.900 bits per heavy atom. The molecule has 114 valence electrons. The van der Waals surface area contributed by atoms with Crippen LogP contribution < -0.4 is 0 Å². The predicted octanol–water partition coefficient (Wildman–Crippen LogP) is 5.39. The zero-order valence-electron chi connectivity index (χ0n) is 12.7. The van der Waals surface area contributed by atoms with E-state index in [-0.39, 0.29) is 6.67 Å². The average molecular weight is 280 g/mol. The van der Waals surface area contributed by atoms with Crippen LogP contribution in [0.2, 0.25) is 0 Å². The molecule has 2 fully saturated rings. The van der Waals surface area contributed by atoms with Crippen LogP contribution in [0.4, 0.5) is 4.39 Å². The molecule has 2 heteroatoms. The summed E-state index contributed by atoms with van der Waals surface area (Å²) in [4.78, 5) is 11.3. The van der Waals surface area contributed by atoms with E-state index in [0.717, 1.165) is 63.2 Å². The predicted molar refractivity (Wildman–Crippen MR) is 81.4 cm³/mol. The molecule has 0 heterocycles. The van der Waals surface area contributed by atoms with Gasteiger partial charge in [0.1, 0.15) is 5.78 Å². The molecule has 0 radical (unpaired) electrons. The molecule has 0 amide bonds. The number of Topliss-reactive ketones (excluding diaryl/α,β-unsaturated/α-hetero) is 1. The first-order valence-corrected chi connectivity index (χ1v) is 8.55. The van der Waals surface area contributed by atoms with Crippen LogP contribution in [0.3, 0.4) is 0 Å². The average Bonchev–Trinajstić information content (AvgIpc) is 2.49. The van der Waals surface area contributed by atoms with E-state index in [1.807, 2.05) is 0 Å². The number of carbonyl (C=O) groups excluding carboxylic acids is 1. The summed E-state index contributed by atoms with van der Waals surface area (Å²) in [5.41, 5.74) is 1.63. The van der Waals surface area contributed by atoms with E-state index in [1.54, 1.807) is 5.57 Å². The third kappa shape index (κ3) is 5.03. The maximum atomic E-state index is 12.0. The second-order valence-corrected chi connectivity index (χ2v) is 6.61. The SMILES string of the molecule is O=C1CCC(C2CCC(=CCCCCCF)CC2)CC1. The van der Waals surface area contributed by atoms with Gasteiger partial charge in [0.2, 0.25) is 0 Å². The second kappa shape index (κ2) is 8.59. The minimum atomic E-state index is -0.165. The van der Waals surface area contributed by atoms with Gasteiger partial charge in [-0.2, -0.15) is 0 Å². The lowest BCUT2D eigenvalue weighted by Gasteiger charge is -2.33. The highest BCUT2D eigenvalue weighted by Crippen LogP contribution is 2.39. The fraction of sp³-hybridized carbons (Fsp3) is 0.833. The number of rotatable bonds is 6. The second-order valence-electron chi connectivity index (χ2n) is 6.61. The molecule has 0 aromatic heterocycles. The first-order chi connectivity index (χ1) is 9.79. The van der Waals surface area contributed by atoms with Crippen LogP contribution in [0.5, 0.6) is 0 Å². The minimum Gasteiger partial charge on any atom is -0.300 e. The molecule has 0 saturated heterocycles. The van der Waals surface area contributed by atoms with Crippen molar-refractivity contribution in [2.75, 3.05) is 6.67 Å². The Hall–Kier alpha value is -0.660. The molecule has 0 bridgehead atoms. The van der Waals surface area contributed by atoms with Crippen molar-refractivity contribution in [3.8, 4) is 0 Å². The standard InChI is InChI=1S/C18H29FO/c19-14-4-2-1-3-5-15-6-8-16(9-7-15)17-10-12-18(20)13-11-17/h5,16-17H,1-4,6-14H2. The monoisotopic (exact) mass is 280 g/mol. The Morgan fingerprint density at radius 2 is 1.50 bits per heavy atom. The van der Waals surface area contributed by atoms with Gasteiger partial charge in [0.25, 0.3) is 0 Å². The number of hydrogen-bond acceptors (Lipinski definition) is 1. The normalized spacial score (nSPS) is 24.9. The molecule has 0 spiro atoms. The summed E-state index contributed by atoms with van der Waals surface area (Å²) < 4.78 is 12.0. The number of halogens is 1. The summed E-state index contributed by atoms with van der Waals surface area (Å²) in [5.74, 6) is 2.16. The molecule has 2 aliphatic carbocycles. The van der Waals surface area contributed by atoms with Crippen LogP contribution in [0.15, 0.2) is 11.6 Å². The van der Waals surface area contributed by atoms with Gasteiger partial charge in [0.05, 0.1) is 6.67 Å². The fourth-order valence-electron chi connectivity index (χ4n) is 3.84. The van der Waals surface area contributed by atoms with E-state index in [4.69, 9.17) is 0 Å². The van der Waals surface area contributed by atoms with E-state index in [2.05, 4.69) is 6.08 Å². The fourth-order valence-corrected chi connectivity index (χ4v) is 3.84. The third-order valence-electron chi connectivity index (χ3n) is 5.20. The van der Waals surface area contributed by atoms with Crippen molar-refractivity contribution < 1.29 is 9.18 Å². The molecule has 1 nitrogen and oxygen atoms in total. The summed E-state index contributed by atoms with van der Waals surface area (Å²) in [6.45, 7) is -0.165. The lowest BCUT2D eigenvalue weighted by atomic mass is 9.72. The molecule has 0 aliphatic heterocycles. The molecule has 0 atom stereocenters. The molecular formula is C18H29FO. The van der Waals surface area contributed by atoms with Crippen LogP contribution in [-0.4, -0.2) is 12.5 Å².